The third kappa shape index (κ3) is 9.62. The predicted octanol–water partition coefficient (Wildman–Crippen LogP) is -0.333. The van der Waals surface area contributed by atoms with Crippen molar-refractivity contribution < 1.29 is 0 Å². The molecule has 0 fully saturated rings. The SMILES string of the molecule is S.[LiH].[Li][CH3]. The summed E-state index contributed by atoms with van der Waals surface area (Å²) in [6, 6.07) is 0. The minimum absolute atomic E-state index is 0. The maximum absolute atomic E-state index is 2.00. The Bertz CT molecular complexity index is 6.00. The average Bonchev–Trinajstić information content (AvgIpc) is 1.00. The van der Waals surface area contributed by atoms with E-state index in [0.29, 0.717) is 0 Å². The molecule has 0 unspecified atom stereocenters. The van der Waals surface area contributed by atoms with Gasteiger partial charge in [0.1, 0.15) is 0 Å². The van der Waals surface area contributed by atoms with Gasteiger partial charge in [-0.05, 0) is 0 Å². The molecule has 0 spiro atoms. The summed E-state index contributed by atoms with van der Waals surface area (Å²) in [5, 5.41) is 0. The number of hydrogen-bond acceptors (Lipinski definition) is 0. The van der Waals surface area contributed by atoms with E-state index in [2.05, 4.69) is 0 Å². The Hall–Kier alpha value is 1.54. The van der Waals surface area contributed by atoms with Crippen LogP contribution < -0.4 is 0 Å². The molecule has 0 saturated carbocycles. The molecule has 18 valence electrons. The van der Waals surface area contributed by atoms with Gasteiger partial charge in [0.25, 0.3) is 0 Å². The van der Waals surface area contributed by atoms with Gasteiger partial charge in [0.15, 0.2) is 0 Å². The van der Waals surface area contributed by atoms with E-state index < -0.39 is 0 Å². The summed E-state index contributed by atoms with van der Waals surface area (Å²) in [5.41, 5.74) is 2.00. The minimum atomic E-state index is 0. The third-order valence-corrected chi connectivity index (χ3v) is 0. The second-order valence-electron chi connectivity index (χ2n) is 0. The Morgan fingerprint density at radius 2 is 1.25 bits per heavy atom. The van der Waals surface area contributed by atoms with Crippen LogP contribution in [0, 0.1) is 0 Å². The predicted molar refractivity (Wildman–Crippen MR) is 29.1 cm³/mol. The van der Waals surface area contributed by atoms with Crippen LogP contribution >= 0.6 is 13.5 Å². The second kappa shape index (κ2) is 23.9. The first kappa shape index (κ1) is 17.7. The van der Waals surface area contributed by atoms with Crippen molar-refractivity contribution in [3.8, 4) is 0 Å². The van der Waals surface area contributed by atoms with E-state index in [1.807, 2.05) is 23.3 Å². The van der Waals surface area contributed by atoms with Gasteiger partial charge < -0.3 is 0 Å². The van der Waals surface area contributed by atoms with Crippen molar-refractivity contribution in [2.75, 3.05) is 0 Å². The molecule has 0 rings (SSSR count). The van der Waals surface area contributed by atoms with Crippen LogP contribution in [-0.2, 0) is 0 Å². The van der Waals surface area contributed by atoms with E-state index >= 15 is 0 Å². The molecule has 4 heavy (non-hydrogen) atoms. The van der Waals surface area contributed by atoms with E-state index in [1.54, 1.807) is 0 Å². The Kier molecular flexibility index (Phi) is 106. The zero-order valence-electron chi connectivity index (χ0n) is 2.50. The van der Waals surface area contributed by atoms with Gasteiger partial charge in [-0.1, -0.05) is 0 Å². The molecule has 3 heteroatoms. The molecule has 0 aromatic heterocycles. The van der Waals surface area contributed by atoms with Gasteiger partial charge in [-0.2, -0.15) is 13.5 Å². The third-order valence-electron chi connectivity index (χ3n) is 0. The van der Waals surface area contributed by atoms with E-state index in [1.165, 1.54) is 0 Å². The van der Waals surface area contributed by atoms with E-state index in [-0.39, 0.29) is 32.4 Å². The molecular weight excluding hydrogens is 58.0 g/mol. The van der Waals surface area contributed by atoms with Crippen LogP contribution in [0.4, 0.5) is 0 Å². The summed E-state index contributed by atoms with van der Waals surface area (Å²) in [5.74, 6) is 0. The Morgan fingerprint density at radius 1 is 1.25 bits per heavy atom. The van der Waals surface area contributed by atoms with Crippen LogP contribution in [0.1, 0.15) is 0 Å². The van der Waals surface area contributed by atoms with Crippen molar-refractivity contribution in [1.82, 2.24) is 0 Å². The molecular formula is CH6Li2S. The van der Waals surface area contributed by atoms with Gasteiger partial charge in [0, 0.05) is 0 Å². The summed E-state index contributed by atoms with van der Waals surface area (Å²) in [6.45, 7) is 0. The fourth-order valence-electron chi connectivity index (χ4n) is 0. The van der Waals surface area contributed by atoms with E-state index in [4.69, 9.17) is 0 Å². The normalized spacial score (nSPS) is 1.75. The molecule has 0 aliphatic heterocycles. The van der Waals surface area contributed by atoms with E-state index in [0.717, 1.165) is 0 Å². The van der Waals surface area contributed by atoms with Crippen molar-refractivity contribution in [1.29, 1.82) is 0 Å². The number of hydrogen-bond donors (Lipinski definition) is 0. The molecule has 0 aromatic rings. The van der Waals surface area contributed by atoms with Gasteiger partial charge in [-0.3, -0.25) is 0 Å². The Balaban J connectivity index is -0.00000000500. The van der Waals surface area contributed by atoms with Gasteiger partial charge >= 0.3 is 42.2 Å². The van der Waals surface area contributed by atoms with Crippen molar-refractivity contribution >= 4 is 50.1 Å². The summed E-state index contributed by atoms with van der Waals surface area (Å²) >= 11 is 2.00. The van der Waals surface area contributed by atoms with Crippen molar-refractivity contribution in [3.05, 3.63) is 0 Å². The fourth-order valence-corrected chi connectivity index (χ4v) is 0. The average molecular weight is 64.0 g/mol. The Morgan fingerprint density at radius 3 is 1.25 bits per heavy atom. The maximum atomic E-state index is 2.00. The zero-order chi connectivity index (χ0) is 2.00. The first-order chi connectivity index (χ1) is 1.00. The molecule has 0 saturated heterocycles. The molecule has 0 heterocycles. The van der Waals surface area contributed by atoms with Crippen LogP contribution in [-0.4, -0.2) is 36.6 Å². The first-order valence-corrected chi connectivity index (χ1v) is 1.00. The van der Waals surface area contributed by atoms with Crippen molar-refractivity contribution in [3.63, 3.8) is 0 Å². The van der Waals surface area contributed by atoms with Crippen LogP contribution in [0.3, 0.4) is 0 Å². The molecule has 0 aliphatic carbocycles. The summed E-state index contributed by atoms with van der Waals surface area (Å²) in [4.78, 5) is 0. The second-order valence-corrected chi connectivity index (χ2v) is 0. The van der Waals surface area contributed by atoms with Gasteiger partial charge in [-0.15, -0.1) is 0 Å². The van der Waals surface area contributed by atoms with Crippen molar-refractivity contribution in [2.24, 2.45) is 0 Å². The number of rotatable bonds is 0. The van der Waals surface area contributed by atoms with Gasteiger partial charge in [-0.25, -0.2) is 0 Å². The molecule has 0 radical (unpaired) electrons. The zero-order valence-corrected chi connectivity index (χ0v) is 3.50. The van der Waals surface area contributed by atoms with Crippen LogP contribution in [0.25, 0.3) is 0 Å². The van der Waals surface area contributed by atoms with E-state index in [9.17, 15) is 0 Å². The monoisotopic (exact) mass is 64.1 g/mol. The summed E-state index contributed by atoms with van der Waals surface area (Å²) < 4.78 is 0. The Labute approximate surface area is 55.6 Å². The van der Waals surface area contributed by atoms with Gasteiger partial charge in [0.2, 0.25) is 0 Å². The first-order valence-electron chi connectivity index (χ1n) is 1.00. The standard InChI is InChI=1S/CH3.2Li.H2S.H/h1H3;;;1H2;. The molecule has 0 N–H and O–H groups in total. The van der Waals surface area contributed by atoms with Crippen molar-refractivity contribution in [2.45, 2.75) is 5.60 Å². The van der Waals surface area contributed by atoms with Crippen LogP contribution in [0.2, 0.25) is 5.60 Å². The molecule has 0 nitrogen and oxygen atoms in total. The molecule has 0 bridgehead atoms. The summed E-state index contributed by atoms with van der Waals surface area (Å²) in [7, 11) is 0. The molecule has 0 aliphatic rings. The molecule has 0 atom stereocenters. The fraction of sp³-hybridized carbons (Fsp3) is 1.00. The quantitative estimate of drug-likeness (QED) is 0.338. The summed E-state index contributed by atoms with van der Waals surface area (Å²) in [6.07, 6.45) is 0. The van der Waals surface area contributed by atoms with Crippen LogP contribution in [0.5, 0.6) is 0 Å². The van der Waals surface area contributed by atoms with Crippen LogP contribution in [0.15, 0.2) is 0 Å². The molecule has 0 aromatic carbocycles. The molecule has 0 amide bonds. The van der Waals surface area contributed by atoms with Gasteiger partial charge in [0.05, 0.1) is 0 Å². The topological polar surface area (TPSA) is 0 Å².